The highest BCUT2D eigenvalue weighted by atomic mass is 127. The van der Waals surface area contributed by atoms with Gasteiger partial charge in [0.05, 0.1) is 19.2 Å². The number of nitrogens with two attached hydrogens (primary N) is 1. The molecule has 25 heavy (non-hydrogen) atoms. The van der Waals surface area contributed by atoms with E-state index in [2.05, 4.69) is 26.2 Å². The molecule has 0 aliphatic heterocycles. The number of anilines is 1. The van der Waals surface area contributed by atoms with Crippen LogP contribution < -0.4 is 15.8 Å². The number of aliphatic imine (C=N–C) groups is 1. The molecule has 9 heteroatoms. The van der Waals surface area contributed by atoms with Crippen LogP contribution in [0.5, 0.6) is 5.75 Å². The van der Waals surface area contributed by atoms with Crippen molar-refractivity contribution in [2.24, 2.45) is 10.7 Å². The Kier molecular flexibility index (Phi) is 8.00. The second-order valence-corrected chi connectivity index (χ2v) is 5.77. The molecule has 2 rings (SSSR count). The molecule has 3 N–H and O–H groups in total. The molecule has 0 aromatic heterocycles. The molecule has 0 saturated heterocycles. The van der Waals surface area contributed by atoms with Crippen LogP contribution in [-0.2, 0) is 12.7 Å². The lowest BCUT2D eigenvalue weighted by Crippen LogP contribution is -2.22. The predicted molar refractivity (Wildman–Crippen MR) is 107 cm³/mol. The maximum Gasteiger partial charge on any atom is 0.416 e. The van der Waals surface area contributed by atoms with Gasteiger partial charge < -0.3 is 15.8 Å². The molecule has 0 saturated carbocycles. The van der Waals surface area contributed by atoms with Gasteiger partial charge in [0.2, 0.25) is 0 Å². The first-order valence-electron chi connectivity index (χ1n) is 6.86. The van der Waals surface area contributed by atoms with Crippen molar-refractivity contribution in [3.05, 3.63) is 58.1 Å². The zero-order valence-corrected chi connectivity index (χ0v) is 17.0. The van der Waals surface area contributed by atoms with Crippen LogP contribution in [0, 0.1) is 0 Å². The number of benzene rings is 2. The van der Waals surface area contributed by atoms with Gasteiger partial charge >= 0.3 is 6.18 Å². The highest BCUT2D eigenvalue weighted by Gasteiger charge is 2.33. The average molecular weight is 530 g/mol. The van der Waals surface area contributed by atoms with Gasteiger partial charge in [-0.15, -0.1) is 24.0 Å². The Hall–Kier alpha value is -1.49. The first-order valence-corrected chi connectivity index (χ1v) is 7.65. The first kappa shape index (κ1) is 21.6. The second kappa shape index (κ2) is 9.27. The summed E-state index contributed by atoms with van der Waals surface area (Å²) in [6, 6.07) is 10.8. The molecule has 0 unspecified atom stereocenters. The maximum atomic E-state index is 13.0. The Morgan fingerprint density at radius 3 is 2.40 bits per heavy atom. The summed E-state index contributed by atoms with van der Waals surface area (Å²) in [6.45, 7) is -0.183. The number of guanidine groups is 1. The van der Waals surface area contributed by atoms with E-state index in [0.717, 1.165) is 6.07 Å². The molecule has 0 atom stereocenters. The van der Waals surface area contributed by atoms with Gasteiger partial charge in [-0.05, 0) is 42.0 Å². The minimum absolute atomic E-state index is 0. The minimum Gasteiger partial charge on any atom is -0.497 e. The van der Waals surface area contributed by atoms with Crippen molar-refractivity contribution < 1.29 is 17.9 Å². The molecule has 0 fully saturated rings. The van der Waals surface area contributed by atoms with Gasteiger partial charge in [-0.2, -0.15) is 13.2 Å². The van der Waals surface area contributed by atoms with Crippen molar-refractivity contribution in [2.45, 2.75) is 12.7 Å². The standard InChI is InChI=1S/C16H15BrF3N3O.HI/c1-24-13-6-4-12(5-7-13)23-15(21)22-9-10-2-3-11(17)8-14(10)16(18,19)20;/h2-8H,9H2,1H3,(H3,21,22,23);1H. The van der Waals surface area contributed by atoms with Crippen LogP contribution in [0.1, 0.15) is 11.1 Å². The fourth-order valence-corrected chi connectivity index (χ4v) is 2.34. The average Bonchev–Trinajstić information content (AvgIpc) is 2.53. The smallest absolute Gasteiger partial charge is 0.416 e. The number of halogens is 5. The Morgan fingerprint density at radius 2 is 1.84 bits per heavy atom. The number of ether oxygens (including phenoxy) is 1. The van der Waals surface area contributed by atoms with Gasteiger partial charge in [0, 0.05) is 10.2 Å². The van der Waals surface area contributed by atoms with Crippen molar-refractivity contribution in [2.75, 3.05) is 12.4 Å². The van der Waals surface area contributed by atoms with E-state index in [4.69, 9.17) is 10.5 Å². The Balaban J connectivity index is 0.00000312. The predicted octanol–water partition coefficient (Wildman–Crippen LogP) is 5.02. The Bertz CT molecular complexity index is 736. The molecule has 0 heterocycles. The van der Waals surface area contributed by atoms with Crippen LogP contribution >= 0.6 is 39.9 Å². The number of nitrogens with zero attached hydrogens (tertiary/aromatic N) is 1. The van der Waals surface area contributed by atoms with Gasteiger partial charge in [0.15, 0.2) is 5.96 Å². The van der Waals surface area contributed by atoms with E-state index in [1.54, 1.807) is 31.4 Å². The molecule has 0 aliphatic rings. The zero-order valence-electron chi connectivity index (χ0n) is 13.1. The molecular weight excluding hydrogens is 514 g/mol. The van der Waals surface area contributed by atoms with Crippen LogP contribution in [0.3, 0.4) is 0 Å². The van der Waals surface area contributed by atoms with Gasteiger partial charge in [-0.3, -0.25) is 0 Å². The van der Waals surface area contributed by atoms with E-state index in [9.17, 15) is 13.2 Å². The highest BCUT2D eigenvalue weighted by molar-refractivity contribution is 14.0. The van der Waals surface area contributed by atoms with Gasteiger partial charge in [-0.25, -0.2) is 4.99 Å². The summed E-state index contributed by atoms with van der Waals surface area (Å²) < 4.78 is 44.5. The van der Waals surface area contributed by atoms with E-state index in [0.29, 0.717) is 15.9 Å². The monoisotopic (exact) mass is 529 g/mol. The third-order valence-electron chi connectivity index (χ3n) is 3.16. The first-order chi connectivity index (χ1) is 11.3. The SMILES string of the molecule is COc1ccc(NC(N)=NCc2ccc(Br)cc2C(F)(F)F)cc1.I. The van der Waals surface area contributed by atoms with E-state index >= 15 is 0 Å². The number of hydrogen-bond donors (Lipinski definition) is 2. The number of hydrogen-bond acceptors (Lipinski definition) is 2. The molecule has 2 aromatic carbocycles. The van der Waals surface area contributed by atoms with Crippen LogP contribution in [0.4, 0.5) is 18.9 Å². The molecular formula is C16H16BrF3IN3O. The summed E-state index contributed by atoms with van der Waals surface area (Å²) in [5.74, 6) is 0.706. The lowest BCUT2D eigenvalue weighted by atomic mass is 10.1. The van der Waals surface area contributed by atoms with Crippen LogP contribution in [0.2, 0.25) is 0 Å². The van der Waals surface area contributed by atoms with Crippen LogP contribution in [-0.4, -0.2) is 13.1 Å². The molecule has 4 nitrogen and oxygen atoms in total. The lowest BCUT2D eigenvalue weighted by Gasteiger charge is -2.12. The van der Waals surface area contributed by atoms with E-state index in [1.165, 1.54) is 12.1 Å². The molecule has 0 spiro atoms. The third kappa shape index (κ3) is 6.38. The van der Waals surface area contributed by atoms with Crippen LogP contribution in [0.25, 0.3) is 0 Å². The topological polar surface area (TPSA) is 59.6 Å². The second-order valence-electron chi connectivity index (χ2n) is 4.85. The van der Waals surface area contributed by atoms with Crippen LogP contribution in [0.15, 0.2) is 51.9 Å². The summed E-state index contributed by atoms with van der Waals surface area (Å²) in [6.07, 6.45) is -4.45. The molecule has 0 radical (unpaired) electrons. The molecule has 0 bridgehead atoms. The summed E-state index contributed by atoms with van der Waals surface area (Å²) in [5.41, 5.74) is 5.70. The molecule has 2 aromatic rings. The van der Waals surface area contributed by atoms with Gasteiger partial charge in [0.1, 0.15) is 5.75 Å². The number of alkyl halides is 3. The quantitative estimate of drug-likeness (QED) is 0.332. The molecule has 0 aliphatic carbocycles. The van der Waals surface area contributed by atoms with E-state index < -0.39 is 11.7 Å². The fourth-order valence-electron chi connectivity index (χ4n) is 1.98. The zero-order chi connectivity index (χ0) is 17.7. The van der Waals surface area contributed by atoms with Gasteiger partial charge in [-0.1, -0.05) is 22.0 Å². The van der Waals surface area contributed by atoms with Crippen molar-refractivity contribution in [1.82, 2.24) is 0 Å². The number of nitrogens with one attached hydrogen (secondary N) is 1. The maximum absolute atomic E-state index is 13.0. The van der Waals surface area contributed by atoms with Crippen molar-refractivity contribution in [1.29, 1.82) is 0 Å². The largest absolute Gasteiger partial charge is 0.497 e. The summed E-state index contributed by atoms with van der Waals surface area (Å²) in [7, 11) is 1.55. The van der Waals surface area contributed by atoms with E-state index in [-0.39, 0.29) is 42.0 Å². The Morgan fingerprint density at radius 1 is 1.20 bits per heavy atom. The number of rotatable bonds is 4. The van der Waals surface area contributed by atoms with E-state index in [1.807, 2.05) is 0 Å². The van der Waals surface area contributed by atoms with Crippen molar-refractivity contribution in [3.63, 3.8) is 0 Å². The van der Waals surface area contributed by atoms with Crippen molar-refractivity contribution >= 4 is 51.6 Å². The summed E-state index contributed by atoms with van der Waals surface area (Å²) in [5, 5.41) is 2.81. The molecule has 136 valence electrons. The summed E-state index contributed by atoms with van der Waals surface area (Å²) in [4.78, 5) is 3.97. The Labute approximate surface area is 168 Å². The fraction of sp³-hybridized carbons (Fsp3) is 0.188. The normalized spacial score (nSPS) is 11.6. The molecule has 0 amide bonds. The van der Waals surface area contributed by atoms with Crippen molar-refractivity contribution in [3.8, 4) is 5.75 Å². The highest BCUT2D eigenvalue weighted by Crippen LogP contribution is 2.34. The summed E-state index contributed by atoms with van der Waals surface area (Å²) >= 11 is 3.04. The number of methoxy groups -OCH3 is 1. The third-order valence-corrected chi connectivity index (χ3v) is 3.65. The lowest BCUT2D eigenvalue weighted by molar-refractivity contribution is -0.138. The minimum atomic E-state index is -4.45. The van der Waals surface area contributed by atoms with Gasteiger partial charge in [0.25, 0.3) is 0 Å².